The van der Waals surface area contributed by atoms with E-state index in [4.69, 9.17) is 5.11 Å². The van der Waals surface area contributed by atoms with Gasteiger partial charge in [-0.1, -0.05) is 26.3 Å². The summed E-state index contributed by atoms with van der Waals surface area (Å²) in [4.78, 5) is 12.1. The van der Waals surface area contributed by atoms with E-state index in [0.29, 0.717) is 12.8 Å². The van der Waals surface area contributed by atoms with Gasteiger partial charge in [-0.3, -0.25) is 4.79 Å². The predicted molar refractivity (Wildman–Crippen MR) is 75.8 cm³/mol. The first-order valence-electron chi connectivity index (χ1n) is 6.11. The Morgan fingerprint density at radius 2 is 2.21 bits per heavy atom. The Kier molecular flexibility index (Phi) is 5.96. The van der Waals surface area contributed by atoms with Crippen LogP contribution < -0.4 is 4.72 Å². The number of carboxylic acids is 1. The Morgan fingerprint density at radius 1 is 1.53 bits per heavy atom. The van der Waals surface area contributed by atoms with E-state index in [1.807, 2.05) is 24.4 Å². The van der Waals surface area contributed by atoms with Crippen LogP contribution in [0.5, 0.6) is 0 Å². The van der Waals surface area contributed by atoms with E-state index in [2.05, 4.69) is 4.72 Å². The molecule has 0 saturated heterocycles. The van der Waals surface area contributed by atoms with Crippen LogP contribution in [-0.4, -0.2) is 31.3 Å². The van der Waals surface area contributed by atoms with Crippen LogP contribution in [0.2, 0.25) is 0 Å². The van der Waals surface area contributed by atoms with E-state index < -0.39 is 22.0 Å². The van der Waals surface area contributed by atoms with Gasteiger partial charge in [-0.15, -0.1) is 11.3 Å². The highest BCUT2D eigenvalue weighted by Crippen LogP contribution is 2.12. The molecule has 0 aliphatic rings. The average molecular weight is 305 g/mol. The highest BCUT2D eigenvalue weighted by molar-refractivity contribution is 7.89. The summed E-state index contributed by atoms with van der Waals surface area (Å²) in [5.41, 5.74) is 0. The molecule has 0 radical (unpaired) electrons. The van der Waals surface area contributed by atoms with Crippen molar-refractivity contribution in [2.45, 2.75) is 32.7 Å². The minimum absolute atomic E-state index is 0.0896. The van der Waals surface area contributed by atoms with Gasteiger partial charge in [0.2, 0.25) is 10.0 Å². The number of nitrogens with one attached hydrogen (secondary N) is 1. The van der Waals surface area contributed by atoms with Crippen molar-refractivity contribution in [1.82, 2.24) is 4.72 Å². The lowest BCUT2D eigenvalue weighted by molar-refractivity contribution is -0.140. The molecule has 0 fully saturated rings. The second-order valence-electron chi connectivity index (χ2n) is 4.47. The number of aliphatic carboxylic acids is 1. The summed E-state index contributed by atoms with van der Waals surface area (Å²) < 4.78 is 26.1. The van der Waals surface area contributed by atoms with Crippen molar-refractivity contribution in [3.63, 3.8) is 0 Å². The van der Waals surface area contributed by atoms with Crippen LogP contribution in [0.3, 0.4) is 0 Å². The summed E-state index contributed by atoms with van der Waals surface area (Å²) >= 11 is 1.49. The van der Waals surface area contributed by atoms with E-state index in [9.17, 15) is 13.2 Å². The Bertz CT molecular complexity index is 496. The molecule has 0 saturated carbocycles. The van der Waals surface area contributed by atoms with Crippen molar-refractivity contribution >= 4 is 27.3 Å². The molecule has 2 atom stereocenters. The Morgan fingerprint density at radius 3 is 2.68 bits per heavy atom. The lowest BCUT2D eigenvalue weighted by Gasteiger charge is -2.19. The van der Waals surface area contributed by atoms with Gasteiger partial charge < -0.3 is 5.11 Å². The number of hydrogen-bond donors (Lipinski definition) is 2. The highest BCUT2D eigenvalue weighted by Gasteiger charge is 2.28. The first kappa shape index (κ1) is 16.1. The van der Waals surface area contributed by atoms with Gasteiger partial charge in [0.15, 0.2) is 0 Å². The normalized spacial score (nSPS) is 15.1. The molecule has 108 valence electrons. The predicted octanol–water partition coefficient (Wildman–Crippen LogP) is 1.71. The van der Waals surface area contributed by atoms with Gasteiger partial charge in [0, 0.05) is 4.88 Å². The van der Waals surface area contributed by atoms with Crippen molar-refractivity contribution in [2.75, 3.05) is 5.75 Å². The Hall–Kier alpha value is -0.920. The van der Waals surface area contributed by atoms with Crippen molar-refractivity contribution in [2.24, 2.45) is 5.92 Å². The molecular weight excluding hydrogens is 286 g/mol. The zero-order valence-corrected chi connectivity index (χ0v) is 12.6. The second-order valence-corrected chi connectivity index (χ2v) is 7.37. The van der Waals surface area contributed by atoms with Gasteiger partial charge in [-0.25, -0.2) is 13.1 Å². The van der Waals surface area contributed by atoms with Gasteiger partial charge >= 0.3 is 5.97 Å². The largest absolute Gasteiger partial charge is 0.480 e. The van der Waals surface area contributed by atoms with E-state index in [1.165, 1.54) is 11.3 Å². The molecule has 0 bridgehead atoms. The summed E-state index contributed by atoms with van der Waals surface area (Å²) in [6, 6.07) is 2.67. The highest BCUT2D eigenvalue weighted by atomic mass is 32.2. The third-order valence-corrected chi connectivity index (χ3v) is 5.27. The summed E-state index contributed by atoms with van der Waals surface area (Å²) in [6.07, 6.45) is 1.00. The monoisotopic (exact) mass is 305 g/mol. The van der Waals surface area contributed by atoms with Crippen LogP contribution in [0.15, 0.2) is 17.5 Å². The summed E-state index contributed by atoms with van der Waals surface area (Å²) in [5.74, 6) is -1.46. The number of rotatable bonds is 8. The number of thiophene rings is 1. The number of hydrogen-bond acceptors (Lipinski definition) is 4. The second kappa shape index (κ2) is 7.02. The van der Waals surface area contributed by atoms with E-state index in [1.54, 1.807) is 6.92 Å². The fourth-order valence-corrected chi connectivity index (χ4v) is 3.75. The third kappa shape index (κ3) is 5.30. The van der Waals surface area contributed by atoms with Crippen LogP contribution in [-0.2, 0) is 21.2 Å². The number of carbonyl (C=O) groups is 1. The van der Waals surface area contributed by atoms with E-state index in [-0.39, 0.29) is 11.7 Å². The van der Waals surface area contributed by atoms with Crippen LogP contribution in [0.1, 0.15) is 25.1 Å². The van der Waals surface area contributed by atoms with Crippen molar-refractivity contribution in [1.29, 1.82) is 0 Å². The topological polar surface area (TPSA) is 83.5 Å². The fourth-order valence-electron chi connectivity index (χ4n) is 1.59. The molecule has 19 heavy (non-hydrogen) atoms. The van der Waals surface area contributed by atoms with Crippen molar-refractivity contribution in [3.8, 4) is 0 Å². The molecule has 1 aromatic rings. The fraction of sp³-hybridized carbons (Fsp3) is 0.583. The van der Waals surface area contributed by atoms with Gasteiger partial charge in [-0.2, -0.15) is 0 Å². The molecule has 1 aromatic heterocycles. The molecule has 1 heterocycles. The van der Waals surface area contributed by atoms with E-state index in [0.717, 1.165) is 4.88 Å². The number of carboxylic acid groups (broad SMARTS) is 1. The average Bonchev–Trinajstić information content (AvgIpc) is 2.85. The number of aryl methyl sites for hydroxylation is 1. The van der Waals surface area contributed by atoms with Crippen LogP contribution >= 0.6 is 11.3 Å². The Balaban J connectivity index is 2.63. The Labute approximate surface area is 117 Å². The summed E-state index contributed by atoms with van der Waals surface area (Å²) in [6.45, 7) is 3.56. The SMILES string of the molecule is CC[C@H](C)[C@H](NS(=O)(=O)CCc1cccs1)C(=O)O. The lowest BCUT2D eigenvalue weighted by Crippen LogP contribution is -2.45. The zero-order valence-electron chi connectivity index (χ0n) is 11.0. The summed E-state index contributed by atoms with van der Waals surface area (Å²) in [7, 11) is -3.58. The molecule has 0 aliphatic carbocycles. The van der Waals surface area contributed by atoms with Gasteiger partial charge in [0.1, 0.15) is 6.04 Å². The molecule has 2 N–H and O–H groups in total. The first-order chi connectivity index (χ1) is 8.85. The van der Waals surface area contributed by atoms with Crippen molar-refractivity contribution in [3.05, 3.63) is 22.4 Å². The maximum absolute atomic E-state index is 11.9. The number of sulfonamides is 1. The third-order valence-electron chi connectivity index (χ3n) is 2.98. The molecule has 0 amide bonds. The maximum atomic E-state index is 11.9. The summed E-state index contributed by atoms with van der Waals surface area (Å²) in [5, 5.41) is 10.9. The van der Waals surface area contributed by atoms with Gasteiger partial charge in [0.05, 0.1) is 5.75 Å². The molecule has 1 rings (SSSR count). The lowest BCUT2D eigenvalue weighted by atomic mass is 10.0. The molecule has 7 heteroatoms. The first-order valence-corrected chi connectivity index (χ1v) is 8.64. The zero-order chi connectivity index (χ0) is 14.5. The standard InChI is InChI=1S/C12H19NO4S2/c1-3-9(2)11(12(14)15)13-19(16,17)8-6-10-5-4-7-18-10/h4-5,7,9,11,13H,3,6,8H2,1-2H3,(H,14,15)/t9-,11-/m0/s1. The van der Waals surface area contributed by atoms with Crippen molar-refractivity contribution < 1.29 is 18.3 Å². The molecule has 0 aliphatic heterocycles. The van der Waals surface area contributed by atoms with Gasteiger partial charge in [-0.05, 0) is 23.8 Å². The minimum Gasteiger partial charge on any atom is -0.480 e. The minimum atomic E-state index is -3.58. The molecular formula is C12H19NO4S2. The van der Waals surface area contributed by atoms with Crippen LogP contribution in [0.25, 0.3) is 0 Å². The van der Waals surface area contributed by atoms with Gasteiger partial charge in [0.25, 0.3) is 0 Å². The molecule has 0 spiro atoms. The smallest absolute Gasteiger partial charge is 0.322 e. The molecule has 0 unspecified atom stereocenters. The van der Waals surface area contributed by atoms with Crippen LogP contribution in [0, 0.1) is 5.92 Å². The molecule has 5 nitrogen and oxygen atoms in total. The maximum Gasteiger partial charge on any atom is 0.322 e. The van der Waals surface area contributed by atoms with E-state index >= 15 is 0 Å². The molecule has 0 aromatic carbocycles. The van der Waals surface area contributed by atoms with Crippen LogP contribution in [0.4, 0.5) is 0 Å². The quantitative estimate of drug-likeness (QED) is 0.766.